The van der Waals surface area contributed by atoms with Gasteiger partial charge in [-0.2, -0.15) is 0 Å². The van der Waals surface area contributed by atoms with E-state index in [0.717, 1.165) is 5.56 Å². The Morgan fingerprint density at radius 3 is 2.38 bits per heavy atom. The van der Waals surface area contributed by atoms with Crippen molar-refractivity contribution < 1.29 is 22.7 Å². The number of hydrogen-bond acceptors (Lipinski definition) is 4. The third kappa shape index (κ3) is 3.90. The van der Waals surface area contributed by atoms with E-state index in [-0.39, 0.29) is 16.6 Å². The molecule has 1 fully saturated rings. The highest BCUT2D eigenvalue weighted by Crippen LogP contribution is 2.39. The Bertz CT molecular complexity index is 877. The van der Waals surface area contributed by atoms with Crippen LogP contribution in [-0.4, -0.2) is 26.7 Å². The lowest BCUT2D eigenvalue weighted by Crippen LogP contribution is -2.41. The maximum atomic E-state index is 14.1. The summed E-state index contributed by atoms with van der Waals surface area (Å²) in [6.45, 7) is 1.88. The van der Waals surface area contributed by atoms with Gasteiger partial charge in [0.15, 0.2) is 11.6 Å². The smallest absolute Gasteiger partial charge is 0.241 e. The standard InChI is InChI=1S/C19H22FNO4S/c1-12-3-6-16(7-4-12)26(23,24)21-19(14-9-15(22)10-14)13-5-8-18(25-2)17(20)11-13/h3-8,11,14-15,19,21-22H,9-10H2,1-2H3. The van der Waals surface area contributed by atoms with E-state index in [1.54, 1.807) is 30.3 Å². The van der Waals surface area contributed by atoms with Crippen LogP contribution in [0.5, 0.6) is 5.75 Å². The highest BCUT2D eigenvalue weighted by molar-refractivity contribution is 7.89. The second-order valence-electron chi connectivity index (χ2n) is 6.69. The molecule has 3 rings (SSSR count). The minimum absolute atomic E-state index is 0.0991. The number of benzene rings is 2. The summed E-state index contributed by atoms with van der Waals surface area (Å²) in [5.74, 6) is -0.551. The maximum absolute atomic E-state index is 14.1. The van der Waals surface area contributed by atoms with Crippen LogP contribution in [0.4, 0.5) is 4.39 Å². The number of halogens is 1. The Kier molecular flexibility index (Phi) is 5.32. The average molecular weight is 379 g/mol. The van der Waals surface area contributed by atoms with Crippen molar-refractivity contribution in [2.75, 3.05) is 7.11 Å². The largest absolute Gasteiger partial charge is 0.494 e. The van der Waals surface area contributed by atoms with Gasteiger partial charge in [-0.15, -0.1) is 0 Å². The molecule has 0 spiro atoms. The summed E-state index contributed by atoms with van der Waals surface area (Å²) >= 11 is 0. The molecule has 1 unspecified atom stereocenters. The maximum Gasteiger partial charge on any atom is 0.241 e. The van der Waals surface area contributed by atoms with Gasteiger partial charge in [-0.25, -0.2) is 17.5 Å². The lowest BCUT2D eigenvalue weighted by Gasteiger charge is -2.38. The van der Waals surface area contributed by atoms with Crippen molar-refractivity contribution in [3.05, 3.63) is 59.4 Å². The van der Waals surface area contributed by atoms with Crippen LogP contribution in [0, 0.1) is 18.7 Å². The number of methoxy groups -OCH3 is 1. The van der Waals surface area contributed by atoms with Crippen molar-refractivity contribution in [1.29, 1.82) is 0 Å². The number of aryl methyl sites for hydroxylation is 1. The molecule has 7 heteroatoms. The molecular formula is C19H22FNO4S. The van der Waals surface area contributed by atoms with Crippen molar-refractivity contribution in [2.24, 2.45) is 5.92 Å². The summed E-state index contributed by atoms with van der Waals surface area (Å²) in [5, 5.41) is 9.63. The molecule has 0 aromatic heterocycles. The topological polar surface area (TPSA) is 75.6 Å². The van der Waals surface area contributed by atoms with Gasteiger partial charge in [-0.3, -0.25) is 0 Å². The molecule has 2 aromatic rings. The first kappa shape index (κ1) is 18.8. The van der Waals surface area contributed by atoms with Gasteiger partial charge < -0.3 is 9.84 Å². The van der Waals surface area contributed by atoms with Crippen LogP contribution >= 0.6 is 0 Å². The quantitative estimate of drug-likeness (QED) is 0.809. The average Bonchev–Trinajstić information content (AvgIpc) is 2.57. The molecule has 0 heterocycles. The van der Waals surface area contributed by atoms with Crippen LogP contribution < -0.4 is 9.46 Å². The van der Waals surface area contributed by atoms with Crippen LogP contribution in [0.1, 0.15) is 30.0 Å². The zero-order valence-electron chi connectivity index (χ0n) is 14.6. The SMILES string of the molecule is COc1ccc(C(NS(=O)(=O)c2ccc(C)cc2)C2CC(O)C2)cc1F. The fourth-order valence-electron chi connectivity index (χ4n) is 3.17. The summed E-state index contributed by atoms with van der Waals surface area (Å²) in [7, 11) is -2.40. The Hall–Kier alpha value is -1.96. The molecule has 2 aromatic carbocycles. The number of rotatable bonds is 6. The van der Waals surface area contributed by atoms with Gasteiger partial charge >= 0.3 is 0 Å². The number of aliphatic hydroxyl groups excluding tert-OH is 1. The molecule has 0 bridgehead atoms. The van der Waals surface area contributed by atoms with Crippen LogP contribution in [0.25, 0.3) is 0 Å². The van der Waals surface area contributed by atoms with Crippen molar-refractivity contribution in [3.8, 4) is 5.75 Å². The second-order valence-corrected chi connectivity index (χ2v) is 8.41. The van der Waals surface area contributed by atoms with E-state index < -0.39 is 28.0 Å². The number of sulfonamides is 1. The molecule has 0 saturated heterocycles. The molecule has 1 atom stereocenters. The molecule has 1 aliphatic rings. The zero-order valence-corrected chi connectivity index (χ0v) is 15.5. The Labute approximate surface area is 152 Å². The summed E-state index contributed by atoms with van der Waals surface area (Å²) in [6, 6.07) is 10.3. The summed E-state index contributed by atoms with van der Waals surface area (Å²) < 4.78 is 47.3. The van der Waals surface area contributed by atoms with Crippen LogP contribution in [0.3, 0.4) is 0 Å². The van der Waals surface area contributed by atoms with Crippen molar-refractivity contribution in [1.82, 2.24) is 4.72 Å². The van der Waals surface area contributed by atoms with E-state index in [1.165, 1.54) is 19.2 Å². The highest BCUT2D eigenvalue weighted by atomic mass is 32.2. The third-order valence-electron chi connectivity index (χ3n) is 4.77. The van der Waals surface area contributed by atoms with Gasteiger partial charge in [0.05, 0.1) is 24.2 Å². The van der Waals surface area contributed by atoms with Crippen molar-refractivity contribution in [3.63, 3.8) is 0 Å². The first-order chi connectivity index (χ1) is 12.3. The molecule has 5 nitrogen and oxygen atoms in total. The second kappa shape index (κ2) is 7.34. The predicted octanol–water partition coefficient (Wildman–Crippen LogP) is 2.93. The Morgan fingerprint density at radius 1 is 1.19 bits per heavy atom. The van der Waals surface area contributed by atoms with Crippen molar-refractivity contribution >= 4 is 10.0 Å². The third-order valence-corrected chi connectivity index (χ3v) is 6.23. The first-order valence-electron chi connectivity index (χ1n) is 8.40. The minimum atomic E-state index is -3.78. The van der Waals surface area contributed by atoms with Crippen LogP contribution in [-0.2, 0) is 10.0 Å². The molecular weight excluding hydrogens is 357 g/mol. The molecule has 0 radical (unpaired) electrons. The van der Waals surface area contributed by atoms with E-state index in [9.17, 15) is 17.9 Å². The van der Waals surface area contributed by atoms with Gasteiger partial charge in [0.1, 0.15) is 0 Å². The number of nitrogens with one attached hydrogen (secondary N) is 1. The lowest BCUT2D eigenvalue weighted by molar-refractivity contribution is 0.0279. The van der Waals surface area contributed by atoms with Gasteiger partial charge in [0, 0.05) is 0 Å². The fraction of sp³-hybridized carbons (Fsp3) is 0.368. The Morgan fingerprint density at radius 2 is 1.85 bits per heavy atom. The molecule has 1 saturated carbocycles. The van der Waals surface area contributed by atoms with E-state index in [0.29, 0.717) is 18.4 Å². The van der Waals surface area contributed by atoms with Gasteiger partial charge in [-0.05, 0) is 55.5 Å². The summed E-state index contributed by atoms with van der Waals surface area (Å²) in [4.78, 5) is 0.155. The molecule has 2 N–H and O–H groups in total. The van der Waals surface area contributed by atoms with E-state index >= 15 is 0 Å². The van der Waals surface area contributed by atoms with E-state index in [2.05, 4.69) is 4.72 Å². The van der Waals surface area contributed by atoms with Gasteiger partial charge in [-0.1, -0.05) is 23.8 Å². The van der Waals surface area contributed by atoms with Crippen LogP contribution in [0.2, 0.25) is 0 Å². The number of hydrogen-bond donors (Lipinski definition) is 2. The zero-order chi connectivity index (χ0) is 18.9. The van der Waals surface area contributed by atoms with Gasteiger partial charge in [0.25, 0.3) is 0 Å². The van der Waals surface area contributed by atoms with Crippen molar-refractivity contribution in [2.45, 2.75) is 36.8 Å². The van der Waals surface area contributed by atoms with E-state index in [1.807, 2.05) is 6.92 Å². The molecule has 26 heavy (non-hydrogen) atoms. The minimum Gasteiger partial charge on any atom is -0.494 e. The van der Waals surface area contributed by atoms with Gasteiger partial charge in [0.2, 0.25) is 10.0 Å². The molecule has 0 amide bonds. The monoisotopic (exact) mass is 379 g/mol. The first-order valence-corrected chi connectivity index (χ1v) is 9.89. The number of ether oxygens (including phenoxy) is 1. The normalized spacial score (nSPS) is 21.1. The van der Waals surface area contributed by atoms with E-state index in [4.69, 9.17) is 4.74 Å². The Balaban J connectivity index is 1.92. The highest BCUT2D eigenvalue weighted by Gasteiger charge is 2.37. The molecule has 1 aliphatic carbocycles. The predicted molar refractivity (Wildman–Crippen MR) is 95.9 cm³/mol. The van der Waals surface area contributed by atoms with Crippen LogP contribution in [0.15, 0.2) is 47.4 Å². The number of aliphatic hydroxyl groups is 1. The summed E-state index contributed by atoms with van der Waals surface area (Å²) in [6.07, 6.45) is 0.484. The fourth-order valence-corrected chi connectivity index (χ4v) is 4.46. The molecule has 140 valence electrons. The molecule has 0 aliphatic heterocycles. The summed E-state index contributed by atoms with van der Waals surface area (Å²) in [5.41, 5.74) is 1.47. The lowest BCUT2D eigenvalue weighted by atomic mass is 9.75.